The molecule has 3 aromatic carbocycles. The summed E-state index contributed by atoms with van der Waals surface area (Å²) in [6.45, 7) is 0. The van der Waals surface area contributed by atoms with Gasteiger partial charge in [-0.15, -0.1) is 0 Å². The standard InChI is InChI=1S/C19H13F7N2O2.C10H12/c20-11-8-12(21)15(23)13(14(11)22)16(29)27-18(28-17(30)19(24,25)26)7-3-5-9-4-1-2-6-10(9)18;1-2-6-10-8-4-3-7-9(10)5-1/h1-2,4,6,8H,3,5,7H2,(H,27,29)(H,28,30);1-2,5-6H,3-4,7-8H2. The number of benzene rings is 3. The third-order valence-electron chi connectivity index (χ3n) is 6.99. The Balaban J connectivity index is 0.000000307. The number of hydrogen-bond donors (Lipinski definition) is 2. The third-order valence-corrected chi connectivity index (χ3v) is 6.99. The van der Waals surface area contributed by atoms with Gasteiger partial charge in [0.1, 0.15) is 11.2 Å². The molecule has 40 heavy (non-hydrogen) atoms. The van der Waals surface area contributed by atoms with E-state index >= 15 is 0 Å². The highest BCUT2D eigenvalue weighted by Crippen LogP contribution is 2.35. The average Bonchev–Trinajstić information content (AvgIpc) is 2.92. The van der Waals surface area contributed by atoms with Crippen LogP contribution in [0.4, 0.5) is 30.7 Å². The fraction of sp³-hybridized carbons (Fsp3) is 0.310. The van der Waals surface area contributed by atoms with E-state index in [0.29, 0.717) is 12.0 Å². The van der Waals surface area contributed by atoms with Gasteiger partial charge in [-0.1, -0.05) is 48.5 Å². The highest BCUT2D eigenvalue weighted by atomic mass is 19.4. The van der Waals surface area contributed by atoms with Crippen molar-refractivity contribution in [3.05, 3.63) is 106 Å². The Hall–Kier alpha value is -3.89. The quantitative estimate of drug-likeness (QED) is 0.219. The number of hydrogen-bond acceptors (Lipinski definition) is 2. The Labute approximate surface area is 225 Å². The Bertz CT molecular complexity index is 1370. The summed E-state index contributed by atoms with van der Waals surface area (Å²) in [4.78, 5) is 24.2. The third kappa shape index (κ3) is 6.13. The molecule has 1 atom stereocenters. The number of carbonyl (C=O) groups excluding carboxylic acids is 2. The van der Waals surface area contributed by atoms with Crippen LogP contribution in [0.15, 0.2) is 54.6 Å². The molecule has 3 aromatic rings. The van der Waals surface area contributed by atoms with E-state index in [-0.39, 0.29) is 24.5 Å². The minimum absolute atomic E-state index is 0.0555. The summed E-state index contributed by atoms with van der Waals surface area (Å²) in [5, 5.41) is 3.63. The van der Waals surface area contributed by atoms with E-state index in [1.807, 2.05) is 5.32 Å². The van der Waals surface area contributed by atoms with Crippen LogP contribution in [0.3, 0.4) is 0 Å². The molecular weight excluding hydrogens is 541 g/mol. The lowest BCUT2D eigenvalue weighted by atomic mass is 9.82. The Kier molecular flexibility index (Phi) is 8.51. The van der Waals surface area contributed by atoms with Gasteiger partial charge in [-0.3, -0.25) is 9.59 Å². The molecule has 0 bridgehead atoms. The van der Waals surface area contributed by atoms with E-state index < -0.39 is 52.5 Å². The van der Waals surface area contributed by atoms with Crippen molar-refractivity contribution >= 4 is 11.8 Å². The molecule has 1 unspecified atom stereocenters. The van der Waals surface area contributed by atoms with Crippen molar-refractivity contribution in [2.75, 3.05) is 0 Å². The molecular formula is C29H25F7N2O2. The van der Waals surface area contributed by atoms with Crippen LogP contribution >= 0.6 is 0 Å². The molecule has 5 rings (SSSR count). The summed E-state index contributed by atoms with van der Waals surface area (Å²) in [7, 11) is 0. The molecule has 2 amide bonds. The first kappa shape index (κ1) is 29.1. The maximum absolute atomic E-state index is 14.0. The fourth-order valence-corrected chi connectivity index (χ4v) is 5.09. The number of fused-ring (bicyclic) bond motifs is 2. The highest BCUT2D eigenvalue weighted by Gasteiger charge is 2.47. The summed E-state index contributed by atoms with van der Waals surface area (Å²) < 4.78 is 93.7. The van der Waals surface area contributed by atoms with Crippen molar-refractivity contribution < 1.29 is 40.3 Å². The van der Waals surface area contributed by atoms with Crippen LogP contribution in [-0.4, -0.2) is 18.0 Å². The molecule has 0 aromatic heterocycles. The number of halogens is 7. The Morgan fingerprint density at radius 2 is 1.20 bits per heavy atom. The molecule has 11 heteroatoms. The van der Waals surface area contributed by atoms with Crippen LogP contribution in [0.25, 0.3) is 0 Å². The van der Waals surface area contributed by atoms with Gasteiger partial charge < -0.3 is 10.6 Å². The lowest BCUT2D eigenvalue weighted by Crippen LogP contribution is -2.61. The van der Waals surface area contributed by atoms with Gasteiger partial charge in [0.05, 0.1) is 0 Å². The number of nitrogens with one attached hydrogen (secondary N) is 2. The first-order valence-corrected chi connectivity index (χ1v) is 12.6. The normalized spacial score (nSPS) is 18.0. The van der Waals surface area contributed by atoms with Gasteiger partial charge in [0.15, 0.2) is 23.3 Å². The second-order valence-electron chi connectivity index (χ2n) is 9.64. The van der Waals surface area contributed by atoms with Crippen molar-refractivity contribution in [1.29, 1.82) is 0 Å². The lowest BCUT2D eigenvalue weighted by molar-refractivity contribution is -0.176. The van der Waals surface area contributed by atoms with Gasteiger partial charge in [-0.05, 0) is 61.6 Å². The van der Waals surface area contributed by atoms with Crippen LogP contribution < -0.4 is 10.6 Å². The summed E-state index contributed by atoms with van der Waals surface area (Å²) in [5.41, 5.74) is -0.184. The van der Waals surface area contributed by atoms with E-state index in [4.69, 9.17) is 0 Å². The zero-order valence-corrected chi connectivity index (χ0v) is 21.1. The van der Waals surface area contributed by atoms with Crippen LogP contribution in [0.5, 0.6) is 0 Å². The van der Waals surface area contributed by atoms with Crippen LogP contribution in [0.2, 0.25) is 0 Å². The van der Waals surface area contributed by atoms with Crippen molar-refractivity contribution in [3.8, 4) is 0 Å². The number of rotatable bonds is 3. The lowest BCUT2D eigenvalue weighted by Gasteiger charge is -2.40. The summed E-state index contributed by atoms with van der Waals surface area (Å²) >= 11 is 0. The van der Waals surface area contributed by atoms with E-state index in [2.05, 4.69) is 24.3 Å². The average molecular weight is 567 g/mol. The predicted molar refractivity (Wildman–Crippen MR) is 132 cm³/mol. The topological polar surface area (TPSA) is 58.2 Å². The van der Waals surface area contributed by atoms with Gasteiger partial charge in [-0.2, -0.15) is 13.2 Å². The van der Waals surface area contributed by atoms with Crippen LogP contribution in [-0.2, 0) is 29.7 Å². The summed E-state index contributed by atoms with van der Waals surface area (Å²) in [6.07, 6.45) is 0.371. The van der Waals surface area contributed by atoms with Gasteiger partial charge >= 0.3 is 12.1 Å². The monoisotopic (exact) mass is 566 g/mol. The molecule has 212 valence electrons. The first-order valence-electron chi connectivity index (χ1n) is 12.6. The van der Waals surface area contributed by atoms with Gasteiger partial charge in [0.2, 0.25) is 0 Å². The first-order chi connectivity index (χ1) is 18.9. The zero-order valence-electron chi connectivity index (χ0n) is 21.1. The minimum atomic E-state index is -5.33. The van der Waals surface area contributed by atoms with E-state index in [0.717, 1.165) is 0 Å². The molecule has 4 nitrogen and oxygen atoms in total. The maximum Gasteiger partial charge on any atom is 0.471 e. The Morgan fingerprint density at radius 3 is 1.75 bits per heavy atom. The molecule has 0 aliphatic heterocycles. The van der Waals surface area contributed by atoms with Crippen molar-refractivity contribution in [2.45, 2.75) is 56.8 Å². The largest absolute Gasteiger partial charge is 0.471 e. The van der Waals surface area contributed by atoms with Gasteiger partial charge in [0.25, 0.3) is 5.91 Å². The van der Waals surface area contributed by atoms with Gasteiger partial charge in [-0.25, -0.2) is 17.6 Å². The molecule has 0 fully saturated rings. The predicted octanol–water partition coefficient (Wildman–Crippen LogP) is 6.41. The highest BCUT2D eigenvalue weighted by molar-refractivity contribution is 5.96. The molecule has 2 aliphatic carbocycles. The van der Waals surface area contributed by atoms with Crippen molar-refractivity contribution in [3.63, 3.8) is 0 Å². The summed E-state index contributed by atoms with van der Waals surface area (Å²) in [5.74, 6) is -11.9. The second-order valence-corrected chi connectivity index (χ2v) is 9.64. The van der Waals surface area contributed by atoms with Crippen molar-refractivity contribution in [2.24, 2.45) is 0 Å². The SMILES string of the molecule is O=C(NC1(NC(=O)C(F)(F)F)CCCc2ccccc21)c1c(F)c(F)cc(F)c1F.c1ccc2c(c1)CCCC2. The van der Waals surface area contributed by atoms with Gasteiger partial charge in [0, 0.05) is 11.6 Å². The minimum Gasteiger partial charge on any atom is -0.325 e. The van der Waals surface area contributed by atoms with Crippen LogP contribution in [0, 0.1) is 23.3 Å². The fourth-order valence-electron chi connectivity index (χ4n) is 5.09. The van der Waals surface area contributed by atoms with Crippen molar-refractivity contribution in [1.82, 2.24) is 10.6 Å². The smallest absolute Gasteiger partial charge is 0.325 e. The maximum atomic E-state index is 14.0. The Morgan fingerprint density at radius 1 is 0.700 bits per heavy atom. The molecule has 0 radical (unpaired) electrons. The zero-order chi connectivity index (χ0) is 29.1. The van der Waals surface area contributed by atoms with Crippen LogP contribution in [0.1, 0.15) is 58.3 Å². The summed E-state index contributed by atoms with van der Waals surface area (Å²) in [6, 6.07) is 14.6. The molecule has 0 spiro atoms. The molecule has 0 saturated carbocycles. The number of amides is 2. The second kappa shape index (κ2) is 11.7. The van der Waals surface area contributed by atoms with E-state index in [1.54, 1.807) is 22.5 Å². The molecule has 0 saturated heterocycles. The molecule has 2 N–H and O–H groups in total. The molecule has 0 heterocycles. The number of aryl methyl sites for hydroxylation is 3. The van der Waals surface area contributed by atoms with E-state index in [9.17, 15) is 40.3 Å². The number of alkyl halides is 3. The molecule has 2 aliphatic rings. The number of carbonyl (C=O) groups is 2. The van der Waals surface area contributed by atoms with E-state index in [1.165, 1.54) is 43.9 Å².